The lowest BCUT2D eigenvalue weighted by Gasteiger charge is -2.05. The summed E-state index contributed by atoms with van der Waals surface area (Å²) in [6.07, 6.45) is 1.78. The van der Waals surface area contributed by atoms with E-state index in [1.54, 1.807) is 6.20 Å². The summed E-state index contributed by atoms with van der Waals surface area (Å²) in [5.41, 5.74) is 9.04. The minimum atomic E-state index is 0.526. The lowest BCUT2D eigenvalue weighted by molar-refractivity contribution is 1.32. The van der Waals surface area contributed by atoms with E-state index >= 15 is 0 Å². The van der Waals surface area contributed by atoms with E-state index in [4.69, 9.17) is 5.73 Å². The normalized spacial score (nSPS) is 10.3. The minimum Gasteiger partial charge on any atom is -0.384 e. The third-order valence-electron chi connectivity index (χ3n) is 2.24. The van der Waals surface area contributed by atoms with Gasteiger partial charge in [0.05, 0.1) is 0 Å². The average molecular weight is 263 g/mol. The van der Waals surface area contributed by atoms with Gasteiger partial charge in [0, 0.05) is 16.2 Å². The molecule has 76 valence electrons. The van der Waals surface area contributed by atoms with Gasteiger partial charge in [0.25, 0.3) is 0 Å². The molecule has 2 aromatic rings. The summed E-state index contributed by atoms with van der Waals surface area (Å²) in [6, 6.07) is 10.1. The van der Waals surface area contributed by atoms with Gasteiger partial charge in [0.1, 0.15) is 5.82 Å². The predicted octanol–water partition coefficient (Wildman–Crippen LogP) is 3.40. The number of anilines is 1. The van der Waals surface area contributed by atoms with Gasteiger partial charge in [-0.2, -0.15) is 0 Å². The Morgan fingerprint density at radius 2 is 1.87 bits per heavy atom. The first-order valence-corrected chi connectivity index (χ1v) is 5.44. The highest BCUT2D eigenvalue weighted by Gasteiger charge is 2.03. The van der Waals surface area contributed by atoms with Crippen LogP contribution in [0, 0.1) is 6.92 Å². The summed E-state index contributed by atoms with van der Waals surface area (Å²) < 4.78 is 0.971. The van der Waals surface area contributed by atoms with E-state index in [0.29, 0.717) is 5.82 Å². The number of nitrogens with two attached hydrogens (primary N) is 1. The van der Waals surface area contributed by atoms with Crippen LogP contribution in [0.25, 0.3) is 11.1 Å². The third-order valence-corrected chi connectivity index (χ3v) is 2.89. The van der Waals surface area contributed by atoms with Crippen molar-refractivity contribution >= 4 is 21.7 Å². The van der Waals surface area contributed by atoms with E-state index in [9.17, 15) is 0 Å². The summed E-state index contributed by atoms with van der Waals surface area (Å²) in [5.74, 6) is 0.526. The van der Waals surface area contributed by atoms with Crippen LogP contribution in [0.1, 0.15) is 5.56 Å². The standard InChI is InChI=1S/C12H11BrN2/c1-8-2-4-9(5-3-8)10-7-15-12(14)6-11(10)13/h2-7H,1H3,(H2,14,15). The van der Waals surface area contributed by atoms with Gasteiger partial charge in [-0.05, 0) is 34.5 Å². The quantitative estimate of drug-likeness (QED) is 0.856. The van der Waals surface area contributed by atoms with Crippen LogP contribution >= 0.6 is 15.9 Å². The fourth-order valence-corrected chi connectivity index (χ4v) is 1.96. The van der Waals surface area contributed by atoms with Crippen LogP contribution < -0.4 is 5.73 Å². The molecule has 0 unspecified atom stereocenters. The maximum Gasteiger partial charge on any atom is 0.124 e. The molecule has 1 aromatic carbocycles. The van der Waals surface area contributed by atoms with Crippen molar-refractivity contribution in [1.29, 1.82) is 0 Å². The van der Waals surface area contributed by atoms with Crippen LogP contribution in [0.5, 0.6) is 0 Å². The van der Waals surface area contributed by atoms with E-state index in [-0.39, 0.29) is 0 Å². The van der Waals surface area contributed by atoms with Crippen LogP contribution in [0.4, 0.5) is 5.82 Å². The molecule has 0 fully saturated rings. The molecule has 0 aliphatic heterocycles. The van der Waals surface area contributed by atoms with Crippen LogP contribution in [-0.4, -0.2) is 4.98 Å². The van der Waals surface area contributed by atoms with Crippen molar-refractivity contribution in [1.82, 2.24) is 4.98 Å². The van der Waals surface area contributed by atoms with Crippen LogP contribution in [0.15, 0.2) is 41.0 Å². The van der Waals surface area contributed by atoms with Gasteiger partial charge in [-0.25, -0.2) is 4.98 Å². The molecule has 1 aromatic heterocycles. The molecule has 0 atom stereocenters. The van der Waals surface area contributed by atoms with E-state index in [0.717, 1.165) is 15.6 Å². The molecule has 0 spiro atoms. The van der Waals surface area contributed by atoms with Gasteiger partial charge in [-0.1, -0.05) is 29.8 Å². The first kappa shape index (κ1) is 10.2. The first-order chi connectivity index (χ1) is 7.16. The Balaban J connectivity index is 2.49. The van der Waals surface area contributed by atoms with Crippen molar-refractivity contribution < 1.29 is 0 Å². The molecule has 0 aliphatic carbocycles. The van der Waals surface area contributed by atoms with E-state index in [2.05, 4.69) is 52.1 Å². The molecule has 0 amide bonds. The van der Waals surface area contributed by atoms with E-state index in [1.807, 2.05) is 6.07 Å². The zero-order valence-electron chi connectivity index (χ0n) is 8.37. The highest BCUT2D eigenvalue weighted by atomic mass is 79.9. The maximum atomic E-state index is 5.59. The SMILES string of the molecule is Cc1ccc(-c2cnc(N)cc2Br)cc1. The Kier molecular flexibility index (Phi) is 2.73. The monoisotopic (exact) mass is 262 g/mol. The molecule has 2 rings (SSSR count). The van der Waals surface area contributed by atoms with Gasteiger partial charge in [-0.15, -0.1) is 0 Å². The number of halogens is 1. The highest BCUT2D eigenvalue weighted by molar-refractivity contribution is 9.10. The van der Waals surface area contributed by atoms with Gasteiger partial charge in [-0.3, -0.25) is 0 Å². The lowest BCUT2D eigenvalue weighted by atomic mass is 10.1. The van der Waals surface area contributed by atoms with Crippen molar-refractivity contribution in [2.45, 2.75) is 6.92 Å². The largest absolute Gasteiger partial charge is 0.384 e. The number of nitrogens with zero attached hydrogens (tertiary/aromatic N) is 1. The number of benzene rings is 1. The first-order valence-electron chi connectivity index (χ1n) is 4.65. The van der Waals surface area contributed by atoms with Crippen molar-refractivity contribution in [2.24, 2.45) is 0 Å². The second-order valence-corrected chi connectivity index (χ2v) is 4.31. The summed E-state index contributed by atoms with van der Waals surface area (Å²) >= 11 is 3.48. The molecular formula is C12H11BrN2. The predicted molar refractivity (Wildman–Crippen MR) is 66.5 cm³/mol. The van der Waals surface area contributed by atoms with Crippen molar-refractivity contribution in [3.63, 3.8) is 0 Å². The zero-order chi connectivity index (χ0) is 10.8. The molecule has 0 radical (unpaired) electrons. The lowest BCUT2D eigenvalue weighted by Crippen LogP contribution is -1.90. The fourth-order valence-electron chi connectivity index (χ4n) is 1.39. The summed E-state index contributed by atoms with van der Waals surface area (Å²) in [6.45, 7) is 2.07. The van der Waals surface area contributed by atoms with Gasteiger partial charge in [0.15, 0.2) is 0 Å². The number of hydrogen-bond acceptors (Lipinski definition) is 2. The van der Waals surface area contributed by atoms with Gasteiger partial charge < -0.3 is 5.73 Å². The van der Waals surface area contributed by atoms with Crippen LogP contribution in [0.2, 0.25) is 0 Å². The number of aromatic nitrogens is 1. The summed E-state index contributed by atoms with van der Waals surface area (Å²) in [7, 11) is 0. The van der Waals surface area contributed by atoms with E-state index < -0.39 is 0 Å². The Morgan fingerprint density at radius 3 is 2.47 bits per heavy atom. The molecule has 2 nitrogen and oxygen atoms in total. The smallest absolute Gasteiger partial charge is 0.124 e. The molecule has 0 saturated carbocycles. The number of hydrogen-bond donors (Lipinski definition) is 1. The number of rotatable bonds is 1. The minimum absolute atomic E-state index is 0.526. The molecule has 0 bridgehead atoms. The molecule has 1 heterocycles. The third kappa shape index (κ3) is 2.18. The molecule has 0 aliphatic rings. The molecule has 2 N–H and O–H groups in total. The topological polar surface area (TPSA) is 38.9 Å². The fraction of sp³-hybridized carbons (Fsp3) is 0.0833. The second-order valence-electron chi connectivity index (χ2n) is 3.46. The van der Waals surface area contributed by atoms with Crippen molar-refractivity contribution in [2.75, 3.05) is 5.73 Å². The summed E-state index contributed by atoms with van der Waals surface area (Å²) in [4.78, 5) is 4.09. The number of pyridine rings is 1. The van der Waals surface area contributed by atoms with Crippen molar-refractivity contribution in [3.8, 4) is 11.1 Å². The Hall–Kier alpha value is -1.35. The number of nitrogen functional groups attached to an aromatic ring is 1. The maximum absolute atomic E-state index is 5.59. The van der Waals surface area contributed by atoms with Crippen LogP contribution in [-0.2, 0) is 0 Å². The molecule has 0 saturated heterocycles. The van der Waals surface area contributed by atoms with Crippen LogP contribution in [0.3, 0.4) is 0 Å². The van der Waals surface area contributed by atoms with Gasteiger partial charge >= 0.3 is 0 Å². The molecule has 3 heteroatoms. The van der Waals surface area contributed by atoms with Crippen molar-refractivity contribution in [3.05, 3.63) is 46.6 Å². The second kappa shape index (κ2) is 4.03. The Morgan fingerprint density at radius 1 is 1.20 bits per heavy atom. The average Bonchev–Trinajstić information content (AvgIpc) is 2.20. The number of aryl methyl sites for hydroxylation is 1. The highest BCUT2D eigenvalue weighted by Crippen LogP contribution is 2.28. The summed E-state index contributed by atoms with van der Waals surface area (Å²) in [5, 5.41) is 0. The zero-order valence-corrected chi connectivity index (χ0v) is 9.95. The van der Waals surface area contributed by atoms with Gasteiger partial charge in [0.2, 0.25) is 0 Å². The Bertz CT molecular complexity index is 477. The van der Waals surface area contributed by atoms with E-state index in [1.165, 1.54) is 5.56 Å². The molecular weight excluding hydrogens is 252 g/mol. The Labute approximate surface area is 97.3 Å². The molecule has 15 heavy (non-hydrogen) atoms.